The first-order valence-corrected chi connectivity index (χ1v) is 9.57. The minimum atomic E-state index is -0.153. The maximum Gasteiger partial charge on any atom is 0.221 e. The van der Waals surface area contributed by atoms with E-state index < -0.39 is 0 Å². The Hall–Kier alpha value is -2.31. The Morgan fingerprint density at radius 1 is 1.23 bits per heavy atom. The first-order chi connectivity index (χ1) is 12.7. The van der Waals surface area contributed by atoms with Gasteiger partial charge in [0.2, 0.25) is 17.7 Å². The van der Waals surface area contributed by atoms with E-state index in [0.717, 1.165) is 24.5 Å². The largest absolute Gasteiger partial charge is 0.425 e. The molecule has 2 heterocycles. The number of carbonyl (C=O) groups is 1. The van der Waals surface area contributed by atoms with Crippen LogP contribution in [0.1, 0.15) is 75.4 Å². The van der Waals surface area contributed by atoms with Gasteiger partial charge in [0, 0.05) is 25.5 Å². The smallest absolute Gasteiger partial charge is 0.221 e. The molecule has 1 aliphatic rings. The minimum Gasteiger partial charge on any atom is -0.425 e. The predicted molar refractivity (Wildman–Crippen MR) is 96.1 cm³/mol. The Balaban J connectivity index is 1.39. The van der Waals surface area contributed by atoms with Gasteiger partial charge in [-0.2, -0.15) is 0 Å². The zero-order valence-electron chi connectivity index (χ0n) is 15.4. The van der Waals surface area contributed by atoms with Crippen LogP contribution in [0.5, 0.6) is 0 Å². The second-order valence-electron chi connectivity index (χ2n) is 7.06. The average Bonchev–Trinajstić information content (AvgIpc) is 3.14. The van der Waals surface area contributed by atoms with Crippen LogP contribution in [0.2, 0.25) is 0 Å². The first-order valence-electron chi connectivity index (χ1n) is 9.57. The number of nitrogens with one attached hydrogen (secondary N) is 1. The van der Waals surface area contributed by atoms with E-state index in [4.69, 9.17) is 4.42 Å². The fourth-order valence-corrected chi connectivity index (χ4v) is 3.46. The molecule has 140 valence electrons. The summed E-state index contributed by atoms with van der Waals surface area (Å²) in [5.74, 6) is 1.97. The molecule has 1 amide bonds. The molecule has 0 aliphatic heterocycles. The van der Waals surface area contributed by atoms with Crippen molar-refractivity contribution in [3.05, 3.63) is 36.1 Å². The molecule has 2 aromatic rings. The summed E-state index contributed by atoms with van der Waals surface area (Å²) in [5.41, 5.74) is 0.788. The molecule has 0 aromatic carbocycles. The molecular weight excluding hydrogens is 330 g/mol. The van der Waals surface area contributed by atoms with Gasteiger partial charge in [-0.1, -0.05) is 32.1 Å². The van der Waals surface area contributed by atoms with Gasteiger partial charge < -0.3 is 9.73 Å². The van der Waals surface area contributed by atoms with Crippen LogP contribution in [0, 0.1) is 5.92 Å². The van der Waals surface area contributed by atoms with E-state index in [1.807, 2.05) is 6.92 Å². The van der Waals surface area contributed by atoms with Crippen molar-refractivity contribution >= 4 is 5.91 Å². The zero-order valence-corrected chi connectivity index (χ0v) is 15.4. The Bertz CT molecular complexity index is 682. The van der Waals surface area contributed by atoms with Crippen LogP contribution < -0.4 is 5.32 Å². The predicted octanol–water partition coefficient (Wildman–Crippen LogP) is 3.18. The summed E-state index contributed by atoms with van der Waals surface area (Å²) in [6.45, 7) is 1.90. The lowest BCUT2D eigenvalue weighted by molar-refractivity contribution is -0.121. The highest BCUT2D eigenvalue weighted by Crippen LogP contribution is 2.27. The summed E-state index contributed by atoms with van der Waals surface area (Å²) < 4.78 is 5.69. The Labute approximate surface area is 154 Å². The van der Waals surface area contributed by atoms with Crippen molar-refractivity contribution in [2.75, 3.05) is 0 Å². The summed E-state index contributed by atoms with van der Waals surface area (Å²) in [7, 11) is 0. The van der Waals surface area contributed by atoms with Crippen molar-refractivity contribution in [1.82, 2.24) is 25.5 Å². The van der Waals surface area contributed by atoms with Crippen LogP contribution in [-0.4, -0.2) is 26.1 Å². The van der Waals surface area contributed by atoms with Crippen LogP contribution in [0.3, 0.4) is 0 Å². The van der Waals surface area contributed by atoms with Crippen LogP contribution in [-0.2, 0) is 17.6 Å². The van der Waals surface area contributed by atoms with Crippen LogP contribution in [0.25, 0.3) is 0 Å². The standard InChI is InChI=1S/C19H27N5O2/c1-14(16-11-12-20-13-21-16)22-17(25)8-10-19-24-23-18(26-19)9-7-15-5-3-2-4-6-15/h11-15H,2-10H2,1H3,(H,22,25). The van der Waals surface area contributed by atoms with E-state index in [1.54, 1.807) is 12.3 Å². The molecule has 7 nitrogen and oxygen atoms in total. The molecule has 1 fully saturated rings. The Morgan fingerprint density at radius 2 is 2.00 bits per heavy atom. The second kappa shape index (κ2) is 9.40. The molecule has 0 spiro atoms. The van der Waals surface area contributed by atoms with Gasteiger partial charge in [-0.25, -0.2) is 9.97 Å². The normalized spacial score (nSPS) is 16.3. The monoisotopic (exact) mass is 357 g/mol. The molecule has 0 saturated heterocycles. The van der Waals surface area contributed by atoms with Crippen molar-refractivity contribution in [2.45, 2.75) is 70.8 Å². The number of amides is 1. The lowest BCUT2D eigenvalue weighted by Gasteiger charge is -2.20. The Morgan fingerprint density at radius 3 is 2.73 bits per heavy atom. The van der Waals surface area contributed by atoms with E-state index in [9.17, 15) is 4.79 Å². The van der Waals surface area contributed by atoms with Gasteiger partial charge in [-0.15, -0.1) is 10.2 Å². The lowest BCUT2D eigenvalue weighted by Crippen LogP contribution is -2.27. The van der Waals surface area contributed by atoms with Crippen LogP contribution >= 0.6 is 0 Å². The molecule has 3 rings (SSSR count). The number of hydrogen-bond donors (Lipinski definition) is 1. The van der Waals surface area contributed by atoms with Crippen LogP contribution in [0.4, 0.5) is 0 Å². The molecule has 1 unspecified atom stereocenters. The van der Waals surface area contributed by atoms with Gasteiger partial charge >= 0.3 is 0 Å². The molecule has 1 aliphatic carbocycles. The van der Waals surface area contributed by atoms with E-state index >= 15 is 0 Å². The highest BCUT2D eigenvalue weighted by Gasteiger charge is 2.16. The zero-order chi connectivity index (χ0) is 18.2. The van der Waals surface area contributed by atoms with E-state index in [1.165, 1.54) is 38.4 Å². The van der Waals surface area contributed by atoms with Gasteiger partial charge in [0.15, 0.2) is 0 Å². The molecule has 2 aromatic heterocycles. The topological polar surface area (TPSA) is 93.8 Å². The third kappa shape index (κ3) is 5.61. The van der Waals surface area contributed by atoms with Gasteiger partial charge in [0.1, 0.15) is 6.33 Å². The van der Waals surface area contributed by atoms with Gasteiger partial charge in [-0.05, 0) is 25.3 Å². The molecule has 0 bridgehead atoms. The van der Waals surface area contributed by atoms with Crippen molar-refractivity contribution in [1.29, 1.82) is 0 Å². The van der Waals surface area contributed by atoms with Gasteiger partial charge in [0.05, 0.1) is 11.7 Å². The second-order valence-corrected chi connectivity index (χ2v) is 7.06. The average molecular weight is 357 g/mol. The maximum atomic E-state index is 12.1. The number of rotatable bonds is 8. The van der Waals surface area contributed by atoms with Gasteiger partial charge in [0.25, 0.3) is 0 Å². The maximum absolute atomic E-state index is 12.1. The van der Waals surface area contributed by atoms with E-state index in [-0.39, 0.29) is 11.9 Å². The molecule has 1 saturated carbocycles. The van der Waals surface area contributed by atoms with Crippen molar-refractivity contribution in [2.24, 2.45) is 5.92 Å². The molecule has 0 radical (unpaired) electrons. The molecule has 1 atom stereocenters. The van der Waals surface area contributed by atoms with E-state index in [0.29, 0.717) is 24.6 Å². The molecule has 26 heavy (non-hydrogen) atoms. The Kier molecular flexibility index (Phi) is 6.68. The number of aryl methyl sites for hydroxylation is 2. The fourth-order valence-electron chi connectivity index (χ4n) is 3.46. The highest BCUT2D eigenvalue weighted by atomic mass is 16.4. The van der Waals surface area contributed by atoms with Gasteiger partial charge in [-0.3, -0.25) is 4.79 Å². The van der Waals surface area contributed by atoms with Crippen molar-refractivity contribution < 1.29 is 9.21 Å². The number of nitrogens with zero attached hydrogens (tertiary/aromatic N) is 4. The minimum absolute atomic E-state index is 0.0573. The van der Waals surface area contributed by atoms with Crippen molar-refractivity contribution in [3.8, 4) is 0 Å². The third-order valence-electron chi connectivity index (χ3n) is 4.99. The SMILES string of the molecule is CC(NC(=O)CCc1nnc(CCC2CCCCC2)o1)c1ccncn1. The lowest BCUT2D eigenvalue weighted by atomic mass is 9.86. The summed E-state index contributed by atoms with van der Waals surface area (Å²) in [6, 6.07) is 1.64. The summed E-state index contributed by atoms with van der Waals surface area (Å²) >= 11 is 0. The summed E-state index contributed by atoms with van der Waals surface area (Å²) in [5, 5.41) is 11.1. The third-order valence-corrected chi connectivity index (χ3v) is 4.99. The quantitative estimate of drug-likeness (QED) is 0.780. The van der Waals surface area contributed by atoms with Crippen molar-refractivity contribution in [3.63, 3.8) is 0 Å². The summed E-state index contributed by atoms with van der Waals surface area (Å²) in [6.07, 6.45) is 12.6. The van der Waals surface area contributed by atoms with E-state index in [2.05, 4.69) is 25.5 Å². The molecular formula is C19H27N5O2. The van der Waals surface area contributed by atoms with Crippen LogP contribution in [0.15, 0.2) is 23.0 Å². The summed E-state index contributed by atoms with van der Waals surface area (Å²) in [4.78, 5) is 20.1. The highest BCUT2D eigenvalue weighted by molar-refractivity contribution is 5.76. The molecule has 7 heteroatoms. The number of carbonyl (C=O) groups excluding carboxylic acids is 1. The molecule has 1 N–H and O–H groups in total. The first kappa shape index (κ1) is 18.5. The number of aromatic nitrogens is 4. The number of hydrogen-bond acceptors (Lipinski definition) is 6. The fraction of sp³-hybridized carbons (Fsp3) is 0.632.